The summed E-state index contributed by atoms with van der Waals surface area (Å²) in [5, 5.41) is 12.1. The lowest BCUT2D eigenvalue weighted by molar-refractivity contribution is -0.138. The largest absolute Gasteiger partial charge is 0.494 e. The van der Waals surface area contributed by atoms with E-state index in [2.05, 4.69) is 5.32 Å². The van der Waals surface area contributed by atoms with E-state index in [0.717, 1.165) is 24.3 Å². The molecule has 8 nitrogen and oxygen atoms in total. The van der Waals surface area contributed by atoms with Crippen LogP contribution >= 0.6 is 0 Å². The fraction of sp³-hybridized carbons (Fsp3) is 0.281. The summed E-state index contributed by atoms with van der Waals surface area (Å²) < 4.78 is 101. The number of aromatic nitrogens is 2. The first-order chi connectivity index (χ1) is 22.5. The van der Waals surface area contributed by atoms with Crippen molar-refractivity contribution in [3.8, 4) is 16.9 Å². The van der Waals surface area contributed by atoms with Gasteiger partial charge in [-0.25, -0.2) is 13.6 Å². The van der Waals surface area contributed by atoms with Gasteiger partial charge in [0, 0.05) is 23.2 Å². The van der Waals surface area contributed by atoms with Crippen LogP contribution in [0.4, 0.5) is 22.0 Å². The first-order valence-electron chi connectivity index (χ1n) is 15.2. The van der Waals surface area contributed by atoms with Crippen molar-refractivity contribution in [3.63, 3.8) is 0 Å². The normalized spacial score (nSPS) is 13.5. The second-order valence-corrected chi connectivity index (χ2v) is 10.1. The van der Waals surface area contributed by atoms with E-state index in [1.807, 2.05) is 0 Å². The van der Waals surface area contributed by atoms with E-state index in [-0.39, 0.29) is 25.1 Å². The molecule has 2 N–H and O–H groups in total. The van der Waals surface area contributed by atoms with Crippen molar-refractivity contribution < 1.29 is 40.7 Å². The summed E-state index contributed by atoms with van der Waals surface area (Å²) in [6.45, 7) is -0.167. The fourth-order valence-corrected chi connectivity index (χ4v) is 5.06. The molecule has 0 bridgehead atoms. The number of carbonyl (C=O) groups is 1. The second kappa shape index (κ2) is 13.9. The minimum Gasteiger partial charge on any atom is -0.494 e. The number of aliphatic carboxylic acids is 1. The van der Waals surface area contributed by atoms with Crippen molar-refractivity contribution in [3.05, 3.63) is 122 Å². The van der Waals surface area contributed by atoms with Crippen molar-refractivity contribution in [2.24, 2.45) is 0 Å². The number of alkyl halides is 3. The molecule has 45 heavy (non-hydrogen) atoms. The highest BCUT2D eigenvalue weighted by Crippen LogP contribution is 2.34. The number of ether oxygens (including phenoxy) is 1. The Hall–Kier alpha value is -4.78. The van der Waals surface area contributed by atoms with Crippen molar-refractivity contribution >= 4 is 5.97 Å². The summed E-state index contributed by atoms with van der Waals surface area (Å²) in [5.74, 6) is -4.38. The maximum Gasteiger partial charge on any atom is 0.416 e. The van der Waals surface area contributed by atoms with E-state index in [1.54, 1.807) is 30.3 Å². The molecule has 3 aromatic carbocycles. The number of carboxylic acids is 1. The van der Waals surface area contributed by atoms with Gasteiger partial charge in [-0.3, -0.25) is 18.7 Å². The highest BCUT2D eigenvalue weighted by Gasteiger charge is 2.35. The molecule has 0 saturated heterocycles. The van der Waals surface area contributed by atoms with Crippen LogP contribution in [0.5, 0.6) is 5.75 Å². The van der Waals surface area contributed by atoms with Crippen LogP contribution in [0.25, 0.3) is 11.1 Å². The second-order valence-electron chi connectivity index (χ2n) is 10.1. The molecular formula is C32H30F5N3O5. The lowest BCUT2D eigenvalue weighted by atomic mass is 10.0. The monoisotopic (exact) mass is 635 g/mol. The Bertz CT molecular complexity index is 1910. The van der Waals surface area contributed by atoms with Crippen LogP contribution in [0.3, 0.4) is 0 Å². The van der Waals surface area contributed by atoms with E-state index in [0.29, 0.717) is 20.8 Å². The summed E-state index contributed by atoms with van der Waals surface area (Å²) in [7, 11) is -3.08. The third-order valence-electron chi connectivity index (χ3n) is 7.30. The number of rotatable bonds is 12. The maximum absolute atomic E-state index is 15.8. The molecule has 0 aliphatic rings. The Morgan fingerprint density at radius 1 is 1.02 bits per heavy atom. The molecule has 4 aromatic rings. The summed E-state index contributed by atoms with van der Waals surface area (Å²) in [6, 6.07) is 13.1. The van der Waals surface area contributed by atoms with Crippen LogP contribution in [0.1, 0.15) is 45.4 Å². The average molecular weight is 636 g/mol. The van der Waals surface area contributed by atoms with Crippen LogP contribution in [0.2, 0.25) is 0 Å². The standard InChI is InChI=1S/C32H30F5N3O5/c1-19-28(21-11-6-14-26(45-2)29(21)34)30(43)40(18-25(20-9-4-3-5-10-20)38-16-8-15-27(41)42)31(44)39(19)17-22-23(32(35,36)37)12-7-13-24(22)33/h3-7,9-14,25,38H,8,15-18H2,1-2H3,(H,41,42)/t25-/m0/s1/i2+1D3. The van der Waals surface area contributed by atoms with Gasteiger partial charge in [0.05, 0.1) is 41.4 Å². The van der Waals surface area contributed by atoms with Gasteiger partial charge in [-0.2, -0.15) is 13.2 Å². The molecule has 13 heteroatoms. The third-order valence-corrected chi connectivity index (χ3v) is 7.30. The lowest BCUT2D eigenvalue weighted by Gasteiger charge is -2.23. The van der Waals surface area contributed by atoms with Crippen molar-refractivity contribution in [2.75, 3.05) is 13.6 Å². The van der Waals surface area contributed by atoms with Crippen molar-refractivity contribution in [1.82, 2.24) is 14.5 Å². The molecule has 0 aliphatic heterocycles. The SMILES string of the molecule is [2H][13C]([2H])([2H])Oc1cccc(-c2c(C)n(Cc3c(F)cccc3C(F)(F)F)c(=O)n(C[C@H](NCCCC(=O)O)c3ccccc3)c2=O)c1F. The highest BCUT2D eigenvalue weighted by atomic mass is 19.4. The number of hydrogen-bond donors (Lipinski definition) is 2. The first-order valence-corrected chi connectivity index (χ1v) is 13.7. The van der Waals surface area contributed by atoms with E-state index in [1.165, 1.54) is 13.0 Å². The predicted molar refractivity (Wildman–Crippen MR) is 156 cm³/mol. The van der Waals surface area contributed by atoms with Crippen LogP contribution in [-0.4, -0.2) is 33.8 Å². The molecule has 0 aliphatic carbocycles. The van der Waals surface area contributed by atoms with E-state index < -0.39 is 89.2 Å². The van der Waals surface area contributed by atoms with Gasteiger partial charge in [-0.1, -0.05) is 48.5 Å². The summed E-state index contributed by atoms with van der Waals surface area (Å²) in [5.41, 5.74) is -5.28. The Balaban J connectivity index is 1.97. The summed E-state index contributed by atoms with van der Waals surface area (Å²) in [4.78, 5) is 39.2. The van der Waals surface area contributed by atoms with Crippen LogP contribution < -0.4 is 21.3 Å². The third kappa shape index (κ3) is 7.31. The minimum atomic E-state index is -5.02. The number of hydrogen-bond acceptors (Lipinski definition) is 5. The zero-order chi connectivity index (χ0) is 35.4. The van der Waals surface area contributed by atoms with Gasteiger partial charge in [-0.05, 0) is 43.7 Å². The van der Waals surface area contributed by atoms with Gasteiger partial charge in [0.2, 0.25) is 0 Å². The van der Waals surface area contributed by atoms with Gasteiger partial charge in [0.25, 0.3) is 5.56 Å². The zero-order valence-electron chi connectivity index (χ0n) is 26.8. The van der Waals surface area contributed by atoms with E-state index in [4.69, 9.17) is 14.0 Å². The van der Waals surface area contributed by atoms with Crippen molar-refractivity contribution in [1.29, 1.82) is 0 Å². The fourth-order valence-electron chi connectivity index (χ4n) is 5.06. The number of benzene rings is 3. The molecule has 4 rings (SSSR count). The van der Waals surface area contributed by atoms with Crippen LogP contribution in [0, 0.1) is 18.6 Å². The molecular weight excluding hydrogens is 602 g/mol. The molecule has 1 heterocycles. The smallest absolute Gasteiger partial charge is 0.416 e. The number of carboxylic acid groups (broad SMARTS) is 1. The minimum absolute atomic E-state index is 0.126. The van der Waals surface area contributed by atoms with Gasteiger partial charge in [-0.15, -0.1) is 0 Å². The van der Waals surface area contributed by atoms with Gasteiger partial charge in [0.15, 0.2) is 11.6 Å². The van der Waals surface area contributed by atoms with Crippen molar-refractivity contribution in [2.45, 2.75) is 45.1 Å². The molecule has 1 aromatic heterocycles. The molecule has 0 unspecified atom stereocenters. The molecule has 0 fully saturated rings. The van der Waals surface area contributed by atoms with Crippen LogP contribution in [0.15, 0.2) is 76.3 Å². The number of methoxy groups -OCH3 is 1. The number of nitrogens with one attached hydrogen (secondary N) is 1. The quantitative estimate of drug-likeness (QED) is 0.121. The Morgan fingerprint density at radius 3 is 2.40 bits per heavy atom. The molecule has 0 saturated carbocycles. The first kappa shape index (κ1) is 29.0. The Morgan fingerprint density at radius 2 is 1.73 bits per heavy atom. The topological polar surface area (TPSA) is 103 Å². The lowest BCUT2D eigenvalue weighted by Crippen LogP contribution is -2.45. The highest BCUT2D eigenvalue weighted by molar-refractivity contribution is 5.68. The number of nitrogens with zero attached hydrogens (tertiary/aromatic N) is 2. The van der Waals surface area contributed by atoms with Gasteiger partial charge >= 0.3 is 17.8 Å². The molecule has 0 amide bonds. The molecule has 238 valence electrons. The summed E-state index contributed by atoms with van der Waals surface area (Å²) >= 11 is 0. The Kier molecular flexibility index (Phi) is 8.94. The van der Waals surface area contributed by atoms with Gasteiger partial charge in [0.1, 0.15) is 5.82 Å². The maximum atomic E-state index is 15.8. The Labute approximate surface area is 258 Å². The number of halogens is 5. The van der Waals surface area contributed by atoms with E-state index >= 15 is 8.78 Å². The average Bonchev–Trinajstić information content (AvgIpc) is 3.00. The van der Waals surface area contributed by atoms with Crippen LogP contribution in [-0.2, 0) is 24.1 Å². The molecule has 1 atom stereocenters. The van der Waals surface area contributed by atoms with E-state index in [9.17, 15) is 27.6 Å². The summed E-state index contributed by atoms with van der Waals surface area (Å²) in [6.07, 6.45) is -5.03. The zero-order valence-corrected chi connectivity index (χ0v) is 23.8. The predicted octanol–water partition coefficient (Wildman–Crippen LogP) is 5.54. The van der Waals surface area contributed by atoms with Gasteiger partial charge < -0.3 is 15.2 Å². The molecule has 0 spiro atoms. The molecule has 0 radical (unpaired) electrons.